The Morgan fingerprint density at radius 2 is 1.69 bits per heavy atom. The minimum Gasteiger partial charge on any atom is -0.493 e. The summed E-state index contributed by atoms with van der Waals surface area (Å²) < 4.78 is 13.2. The zero-order valence-electron chi connectivity index (χ0n) is 20.0. The fraction of sp³-hybridized carbons (Fsp3) is 0.207. The number of methoxy groups -OCH3 is 2. The maximum Gasteiger partial charge on any atom is 0.318 e. The first-order chi connectivity index (χ1) is 17.2. The van der Waals surface area contributed by atoms with Gasteiger partial charge in [-0.3, -0.25) is 0 Å². The molecule has 1 aromatic heterocycles. The Bertz CT molecular complexity index is 1320. The van der Waals surface area contributed by atoms with E-state index in [0.717, 1.165) is 28.9 Å². The van der Waals surface area contributed by atoms with Gasteiger partial charge in [0.05, 0.1) is 32.5 Å². The smallest absolute Gasteiger partial charge is 0.318 e. The maximum atomic E-state index is 13.7. The lowest BCUT2D eigenvalue weighted by Crippen LogP contribution is -2.42. The summed E-state index contributed by atoms with van der Waals surface area (Å²) in [6.07, 6.45) is 2.83. The number of nitrogens with one attached hydrogen (secondary N) is 1. The molecule has 2 amide bonds. The fourth-order valence-electron chi connectivity index (χ4n) is 4.77. The molecule has 3 aromatic carbocycles. The molecule has 0 spiro atoms. The molecule has 0 saturated heterocycles. The van der Waals surface area contributed by atoms with Crippen molar-refractivity contribution in [1.82, 2.24) is 14.8 Å². The molecule has 6 nitrogen and oxygen atoms in total. The summed E-state index contributed by atoms with van der Waals surface area (Å²) in [6.45, 7) is 1.04. The van der Waals surface area contributed by atoms with Crippen molar-refractivity contribution in [2.24, 2.45) is 0 Å². The van der Waals surface area contributed by atoms with E-state index >= 15 is 0 Å². The number of para-hydroxylation sites is 1. The maximum absolute atomic E-state index is 13.7. The van der Waals surface area contributed by atoms with Gasteiger partial charge in [0, 0.05) is 18.4 Å². The highest BCUT2D eigenvalue weighted by atomic mass is 16.5. The van der Waals surface area contributed by atoms with Crippen LogP contribution in [0, 0.1) is 0 Å². The molecule has 35 heavy (non-hydrogen) atoms. The molecule has 1 N–H and O–H groups in total. The fourth-order valence-corrected chi connectivity index (χ4v) is 4.77. The first-order valence-corrected chi connectivity index (χ1v) is 11.8. The van der Waals surface area contributed by atoms with E-state index in [0.29, 0.717) is 24.6 Å². The van der Waals surface area contributed by atoms with Crippen LogP contribution in [0.25, 0.3) is 5.69 Å². The lowest BCUT2D eigenvalue weighted by atomic mass is 10.0. The molecule has 1 aliphatic rings. The van der Waals surface area contributed by atoms with E-state index in [1.807, 2.05) is 59.5 Å². The summed E-state index contributed by atoms with van der Waals surface area (Å²) in [4.78, 5) is 15.6. The standard InChI is InChI=1S/C29H29N3O3/c1-34-26-15-14-22(19-27(26)35-2)28-25-13-8-18-31(25)24-12-7-6-11-23(24)20-32(28)29(33)30-17-16-21-9-4-3-5-10-21/h3-15,18-19,28H,16-17,20H2,1-2H3,(H,30,33)/t28-/m0/s1. The van der Waals surface area contributed by atoms with Crippen LogP contribution in [0.2, 0.25) is 0 Å². The summed E-state index contributed by atoms with van der Waals surface area (Å²) in [5, 5.41) is 3.16. The van der Waals surface area contributed by atoms with Gasteiger partial charge in [-0.25, -0.2) is 4.79 Å². The van der Waals surface area contributed by atoms with Gasteiger partial charge in [0.25, 0.3) is 0 Å². The molecule has 0 fully saturated rings. The first-order valence-electron chi connectivity index (χ1n) is 11.8. The van der Waals surface area contributed by atoms with E-state index in [2.05, 4.69) is 46.4 Å². The highest BCUT2D eigenvalue weighted by Crippen LogP contribution is 2.39. The molecule has 0 unspecified atom stereocenters. The van der Waals surface area contributed by atoms with Crippen LogP contribution in [0.5, 0.6) is 11.5 Å². The van der Waals surface area contributed by atoms with Crippen LogP contribution in [-0.2, 0) is 13.0 Å². The molecule has 4 aromatic rings. The highest BCUT2D eigenvalue weighted by molar-refractivity contribution is 5.76. The Kier molecular flexibility index (Phi) is 6.44. The molecule has 0 saturated carbocycles. The molecular formula is C29H29N3O3. The van der Waals surface area contributed by atoms with Gasteiger partial charge in [-0.2, -0.15) is 0 Å². The number of ether oxygens (including phenoxy) is 2. The van der Waals surface area contributed by atoms with Crippen LogP contribution in [0.1, 0.15) is 28.4 Å². The lowest BCUT2D eigenvalue weighted by molar-refractivity contribution is 0.180. The van der Waals surface area contributed by atoms with Gasteiger partial charge in [0.2, 0.25) is 0 Å². The number of nitrogens with zero attached hydrogens (tertiary/aromatic N) is 2. The van der Waals surface area contributed by atoms with Crippen molar-refractivity contribution in [3.8, 4) is 17.2 Å². The molecule has 0 radical (unpaired) electrons. The highest BCUT2D eigenvalue weighted by Gasteiger charge is 2.33. The Morgan fingerprint density at radius 1 is 0.914 bits per heavy atom. The second-order valence-electron chi connectivity index (χ2n) is 8.54. The van der Waals surface area contributed by atoms with Crippen molar-refractivity contribution in [3.63, 3.8) is 0 Å². The third-order valence-electron chi connectivity index (χ3n) is 6.48. The Balaban J connectivity index is 1.53. The number of aromatic nitrogens is 1. The van der Waals surface area contributed by atoms with Gasteiger partial charge in [-0.15, -0.1) is 0 Å². The van der Waals surface area contributed by atoms with E-state index in [4.69, 9.17) is 9.47 Å². The SMILES string of the molecule is COc1ccc([C@H]2c3cccn3-c3ccccc3CN2C(=O)NCCc2ccccc2)cc1OC. The number of hydrogen-bond acceptors (Lipinski definition) is 3. The molecule has 0 aliphatic carbocycles. The number of carbonyl (C=O) groups is 1. The Labute approximate surface area is 205 Å². The van der Waals surface area contributed by atoms with Crippen LogP contribution >= 0.6 is 0 Å². The minimum atomic E-state index is -0.311. The summed E-state index contributed by atoms with van der Waals surface area (Å²) in [7, 11) is 3.25. The van der Waals surface area contributed by atoms with E-state index in [9.17, 15) is 4.79 Å². The number of amides is 2. The van der Waals surface area contributed by atoms with Crippen molar-refractivity contribution in [2.75, 3.05) is 20.8 Å². The van der Waals surface area contributed by atoms with Crippen molar-refractivity contribution >= 4 is 6.03 Å². The molecule has 6 heteroatoms. The molecule has 178 valence electrons. The predicted molar refractivity (Wildman–Crippen MR) is 136 cm³/mol. The summed E-state index contributed by atoms with van der Waals surface area (Å²) in [5.74, 6) is 1.29. The van der Waals surface area contributed by atoms with Crippen LogP contribution in [-0.4, -0.2) is 36.3 Å². The molecule has 1 aliphatic heterocycles. The van der Waals surface area contributed by atoms with Gasteiger partial charge in [0.1, 0.15) is 0 Å². The van der Waals surface area contributed by atoms with Crippen molar-refractivity contribution in [1.29, 1.82) is 0 Å². The van der Waals surface area contributed by atoms with Crippen molar-refractivity contribution < 1.29 is 14.3 Å². The Morgan fingerprint density at radius 3 is 2.49 bits per heavy atom. The zero-order chi connectivity index (χ0) is 24.2. The van der Waals surface area contributed by atoms with E-state index in [-0.39, 0.29) is 12.1 Å². The summed E-state index contributed by atoms with van der Waals surface area (Å²) in [6, 6.07) is 28.0. The van der Waals surface area contributed by atoms with Crippen molar-refractivity contribution in [3.05, 3.63) is 114 Å². The number of fused-ring (bicyclic) bond motifs is 3. The van der Waals surface area contributed by atoms with Gasteiger partial charge < -0.3 is 24.3 Å². The van der Waals surface area contributed by atoms with Gasteiger partial charge >= 0.3 is 6.03 Å². The third-order valence-corrected chi connectivity index (χ3v) is 6.48. The normalized spacial score (nSPS) is 14.5. The van der Waals surface area contributed by atoms with Crippen LogP contribution in [0.15, 0.2) is 91.1 Å². The monoisotopic (exact) mass is 467 g/mol. The largest absolute Gasteiger partial charge is 0.493 e. The van der Waals surface area contributed by atoms with Crippen molar-refractivity contribution in [2.45, 2.75) is 19.0 Å². The first kappa shape index (κ1) is 22.6. The third kappa shape index (κ3) is 4.47. The molecule has 2 heterocycles. The number of benzene rings is 3. The average molecular weight is 468 g/mol. The molecular weight excluding hydrogens is 438 g/mol. The van der Waals surface area contributed by atoms with Gasteiger partial charge in [-0.1, -0.05) is 54.6 Å². The van der Waals surface area contributed by atoms with E-state index in [1.165, 1.54) is 5.56 Å². The van der Waals surface area contributed by atoms with Gasteiger partial charge in [-0.05, 0) is 53.4 Å². The lowest BCUT2D eigenvalue weighted by Gasteiger charge is -2.31. The van der Waals surface area contributed by atoms with Gasteiger partial charge in [0.15, 0.2) is 11.5 Å². The molecule has 1 atom stereocenters. The molecule has 0 bridgehead atoms. The van der Waals surface area contributed by atoms with E-state index < -0.39 is 0 Å². The topological polar surface area (TPSA) is 55.7 Å². The second kappa shape index (κ2) is 9.97. The number of urea groups is 1. The summed E-state index contributed by atoms with van der Waals surface area (Å²) >= 11 is 0. The zero-order valence-corrected chi connectivity index (χ0v) is 20.0. The minimum absolute atomic E-state index is 0.106. The molecule has 5 rings (SSSR count). The van der Waals surface area contributed by atoms with Crippen LogP contribution in [0.3, 0.4) is 0 Å². The average Bonchev–Trinajstić information content (AvgIpc) is 3.33. The van der Waals surface area contributed by atoms with Crippen LogP contribution < -0.4 is 14.8 Å². The Hall–Kier alpha value is -4.19. The van der Waals surface area contributed by atoms with E-state index in [1.54, 1.807) is 14.2 Å². The number of carbonyl (C=O) groups excluding carboxylic acids is 1. The van der Waals surface area contributed by atoms with Crippen LogP contribution in [0.4, 0.5) is 4.79 Å². The quantitative estimate of drug-likeness (QED) is 0.416. The summed E-state index contributed by atoms with van der Waals surface area (Å²) in [5.41, 5.74) is 5.33. The number of rotatable bonds is 6. The second-order valence-corrected chi connectivity index (χ2v) is 8.54. The predicted octanol–water partition coefficient (Wildman–Crippen LogP) is 5.35. The number of hydrogen-bond donors (Lipinski definition) is 1.